The molecule has 1 aromatic carbocycles. The van der Waals surface area contributed by atoms with Crippen LogP contribution in [0.25, 0.3) is 0 Å². The lowest BCUT2D eigenvalue weighted by molar-refractivity contribution is -0.00868. The monoisotopic (exact) mass is 311 g/mol. The van der Waals surface area contributed by atoms with E-state index in [1.807, 2.05) is 6.07 Å². The fourth-order valence-corrected chi connectivity index (χ4v) is 3.94. The number of hydrogen-bond donors (Lipinski definition) is 2. The minimum atomic E-state index is -3.75. The Bertz CT molecular complexity index is 630. The fourth-order valence-electron chi connectivity index (χ4n) is 3.35. The SMILES string of the molecule is Nc1cc(N2CCOC3CCCCC32)cc(S(N)(=O)=O)c1. The summed E-state index contributed by atoms with van der Waals surface area (Å²) in [5.74, 6) is 0. The van der Waals surface area contributed by atoms with Gasteiger partial charge in [-0.05, 0) is 31.0 Å². The molecule has 0 aromatic heterocycles. The first-order valence-electron chi connectivity index (χ1n) is 7.27. The third-order valence-electron chi connectivity index (χ3n) is 4.31. The predicted octanol–water partition coefficient (Wildman–Crippen LogP) is 1.06. The molecule has 1 saturated heterocycles. The molecule has 1 aliphatic carbocycles. The van der Waals surface area contributed by atoms with E-state index < -0.39 is 10.0 Å². The van der Waals surface area contributed by atoms with Crippen LogP contribution in [0.15, 0.2) is 23.1 Å². The average molecular weight is 311 g/mol. The van der Waals surface area contributed by atoms with Gasteiger partial charge in [-0.15, -0.1) is 0 Å². The molecule has 7 heteroatoms. The first kappa shape index (κ1) is 14.6. The van der Waals surface area contributed by atoms with Crippen LogP contribution in [0.3, 0.4) is 0 Å². The molecular formula is C14H21N3O3S. The molecule has 1 aliphatic heterocycles. The lowest BCUT2D eigenvalue weighted by Gasteiger charge is -2.45. The molecule has 0 amide bonds. The van der Waals surface area contributed by atoms with Gasteiger partial charge >= 0.3 is 0 Å². The Balaban J connectivity index is 1.97. The molecule has 4 N–H and O–H groups in total. The number of anilines is 2. The third kappa shape index (κ3) is 3.00. The zero-order chi connectivity index (χ0) is 15.0. The summed E-state index contributed by atoms with van der Waals surface area (Å²) in [6, 6.07) is 5.12. The molecule has 0 radical (unpaired) electrons. The molecular weight excluding hydrogens is 290 g/mol. The van der Waals surface area contributed by atoms with E-state index in [1.54, 1.807) is 6.07 Å². The molecule has 0 spiro atoms. The standard InChI is InChI=1S/C14H21N3O3S/c15-10-7-11(9-12(8-10)21(16,18)19)17-5-6-20-14-4-2-1-3-13(14)17/h7-9,13-14H,1-6,15H2,(H2,16,18,19). The molecule has 2 fully saturated rings. The largest absolute Gasteiger partial charge is 0.399 e. The molecule has 3 rings (SSSR count). The van der Waals surface area contributed by atoms with Crippen molar-refractivity contribution in [3.8, 4) is 0 Å². The smallest absolute Gasteiger partial charge is 0.238 e. The van der Waals surface area contributed by atoms with Crippen LogP contribution in [0, 0.1) is 0 Å². The molecule has 116 valence electrons. The van der Waals surface area contributed by atoms with Crippen LogP contribution in [0.4, 0.5) is 11.4 Å². The minimum absolute atomic E-state index is 0.0661. The van der Waals surface area contributed by atoms with Crippen molar-refractivity contribution < 1.29 is 13.2 Å². The summed E-state index contributed by atoms with van der Waals surface area (Å²) >= 11 is 0. The van der Waals surface area contributed by atoms with Gasteiger partial charge in [0, 0.05) is 17.9 Å². The van der Waals surface area contributed by atoms with Crippen molar-refractivity contribution in [1.82, 2.24) is 0 Å². The van der Waals surface area contributed by atoms with Crippen molar-refractivity contribution in [2.75, 3.05) is 23.8 Å². The zero-order valence-electron chi connectivity index (χ0n) is 11.9. The number of primary sulfonamides is 1. The predicted molar refractivity (Wildman–Crippen MR) is 81.6 cm³/mol. The van der Waals surface area contributed by atoms with E-state index >= 15 is 0 Å². The van der Waals surface area contributed by atoms with Gasteiger partial charge in [-0.3, -0.25) is 0 Å². The topological polar surface area (TPSA) is 98.6 Å². The van der Waals surface area contributed by atoms with Crippen molar-refractivity contribution in [3.63, 3.8) is 0 Å². The normalized spacial score (nSPS) is 26.4. The number of morpholine rings is 1. The zero-order valence-corrected chi connectivity index (χ0v) is 12.7. The first-order valence-corrected chi connectivity index (χ1v) is 8.81. The maximum absolute atomic E-state index is 11.6. The molecule has 1 saturated carbocycles. The summed E-state index contributed by atoms with van der Waals surface area (Å²) in [5.41, 5.74) is 7.08. The van der Waals surface area contributed by atoms with Gasteiger partial charge in [0.05, 0.1) is 23.6 Å². The number of nitrogens with zero attached hydrogens (tertiary/aromatic N) is 1. The maximum atomic E-state index is 11.6. The van der Waals surface area contributed by atoms with Gasteiger partial charge in [0.2, 0.25) is 10.0 Å². The molecule has 1 aromatic rings. The quantitative estimate of drug-likeness (QED) is 0.796. The molecule has 2 unspecified atom stereocenters. The number of benzene rings is 1. The molecule has 2 atom stereocenters. The number of fused-ring (bicyclic) bond motifs is 1. The van der Waals surface area contributed by atoms with Crippen LogP contribution in [-0.4, -0.2) is 33.7 Å². The Hall–Kier alpha value is -1.31. The highest BCUT2D eigenvalue weighted by atomic mass is 32.2. The molecule has 0 bridgehead atoms. The van der Waals surface area contributed by atoms with Gasteiger partial charge < -0.3 is 15.4 Å². The van der Waals surface area contributed by atoms with Crippen molar-refractivity contribution in [2.24, 2.45) is 5.14 Å². The molecule has 2 aliphatic rings. The minimum Gasteiger partial charge on any atom is -0.399 e. The summed E-state index contributed by atoms with van der Waals surface area (Å²) in [7, 11) is -3.75. The van der Waals surface area contributed by atoms with Gasteiger partial charge in [0.15, 0.2) is 0 Å². The van der Waals surface area contributed by atoms with Gasteiger partial charge in [0.1, 0.15) is 0 Å². The van der Waals surface area contributed by atoms with E-state index in [0.29, 0.717) is 18.3 Å². The Kier molecular flexibility index (Phi) is 3.81. The molecule has 6 nitrogen and oxygen atoms in total. The van der Waals surface area contributed by atoms with E-state index in [-0.39, 0.29) is 11.0 Å². The Morgan fingerprint density at radius 3 is 2.71 bits per heavy atom. The summed E-state index contributed by atoms with van der Waals surface area (Å²) in [6.07, 6.45) is 4.71. The summed E-state index contributed by atoms with van der Waals surface area (Å²) in [5, 5.41) is 5.23. The van der Waals surface area contributed by atoms with Crippen molar-refractivity contribution >= 4 is 21.4 Å². The fraction of sp³-hybridized carbons (Fsp3) is 0.571. The molecule has 1 heterocycles. The van der Waals surface area contributed by atoms with E-state index in [4.69, 9.17) is 15.6 Å². The molecule has 21 heavy (non-hydrogen) atoms. The van der Waals surface area contributed by atoms with Crippen LogP contribution >= 0.6 is 0 Å². The van der Waals surface area contributed by atoms with E-state index in [9.17, 15) is 8.42 Å². The van der Waals surface area contributed by atoms with Crippen molar-refractivity contribution in [1.29, 1.82) is 0 Å². The second kappa shape index (κ2) is 5.47. The van der Waals surface area contributed by atoms with Gasteiger partial charge in [-0.1, -0.05) is 12.8 Å². The lowest BCUT2D eigenvalue weighted by Crippen LogP contribution is -2.52. The highest BCUT2D eigenvalue weighted by Gasteiger charge is 2.34. The van der Waals surface area contributed by atoms with Crippen LogP contribution in [-0.2, 0) is 14.8 Å². The van der Waals surface area contributed by atoms with Crippen LogP contribution < -0.4 is 15.8 Å². The first-order chi connectivity index (χ1) is 9.95. The van der Waals surface area contributed by atoms with Crippen LogP contribution in [0.1, 0.15) is 25.7 Å². The van der Waals surface area contributed by atoms with Gasteiger partial charge in [0.25, 0.3) is 0 Å². The van der Waals surface area contributed by atoms with Gasteiger partial charge in [-0.2, -0.15) is 0 Å². The van der Waals surface area contributed by atoms with Crippen LogP contribution in [0.2, 0.25) is 0 Å². The number of nitrogen functional groups attached to an aromatic ring is 1. The number of sulfonamides is 1. The summed E-state index contributed by atoms with van der Waals surface area (Å²) < 4.78 is 29.0. The van der Waals surface area contributed by atoms with Crippen molar-refractivity contribution in [2.45, 2.75) is 42.7 Å². The number of hydrogen-bond acceptors (Lipinski definition) is 5. The van der Waals surface area contributed by atoms with Crippen molar-refractivity contribution in [3.05, 3.63) is 18.2 Å². The summed E-state index contributed by atoms with van der Waals surface area (Å²) in [6.45, 7) is 1.40. The second-order valence-electron chi connectivity index (χ2n) is 5.76. The number of rotatable bonds is 2. The number of ether oxygens (including phenoxy) is 1. The summed E-state index contributed by atoms with van der Waals surface area (Å²) in [4.78, 5) is 2.29. The van der Waals surface area contributed by atoms with E-state index in [0.717, 1.165) is 25.1 Å². The van der Waals surface area contributed by atoms with E-state index in [1.165, 1.54) is 18.9 Å². The average Bonchev–Trinajstić information content (AvgIpc) is 2.45. The lowest BCUT2D eigenvalue weighted by atomic mass is 9.90. The maximum Gasteiger partial charge on any atom is 0.238 e. The highest BCUT2D eigenvalue weighted by Crippen LogP contribution is 2.33. The van der Waals surface area contributed by atoms with Crippen LogP contribution in [0.5, 0.6) is 0 Å². The Labute approximate surface area is 125 Å². The Morgan fingerprint density at radius 1 is 1.19 bits per heavy atom. The highest BCUT2D eigenvalue weighted by molar-refractivity contribution is 7.89. The second-order valence-corrected chi connectivity index (χ2v) is 7.32. The van der Waals surface area contributed by atoms with E-state index in [2.05, 4.69) is 4.90 Å². The number of nitrogens with two attached hydrogens (primary N) is 2. The third-order valence-corrected chi connectivity index (χ3v) is 5.20. The van der Waals surface area contributed by atoms with Gasteiger partial charge in [-0.25, -0.2) is 13.6 Å². The Morgan fingerprint density at radius 2 is 1.95 bits per heavy atom.